The fourth-order valence-corrected chi connectivity index (χ4v) is 3.78. The van der Waals surface area contributed by atoms with Crippen LogP contribution in [0.3, 0.4) is 0 Å². The van der Waals surface area contributed by atoms with Crippen LogP contribution < -0.4 is 10.2 Å². The van der Waals surface area contributed by atoms with E-state index in [0.717, 1.165) is 48.0 Å². The summed E-state index contributed by atoms with van der Waals surface area (Å²) in [6.45, 7) is 10.6. The zero-order chi connectivity index (χ0) is 15.2. The zero-order valence-electron chi connectivity index (χ0n) is 13.2. The molecule has 5 heteroatoms. The van der Waals surface area contributed by atoms with Crippen molar-refractivity contribution < 1.29 is 0 Å². The van der Waals surface area contributed by atoms with E-state index in [2.05, 4.69) is 48.8 Å². The molecule has 3 nitrogen and oxygen atoms in total. The molecule has 1 aromatic heterocycles. The summed E-state index contributed by atoms with van der Waals surface area (Å²) >= 11 is 8.36. The number of aromatic nitrogens is 1. The Morgan fingerprint density at radius 1 is 1.48 bits per heavy atom. The Morgan fingerprint density at radius 2 is 2.29 bits per heavy atom. The average Bonchev–Trinajstić information content (AvgIpc) is 2.49. The molecule has 118 valence electrons. The molecular weight excluding hydrogens is 302 g/mol. The van der Waals surface area contributed by atoms with Crippen molar-refractivity contribution in [1.29, 1.82) is 0 Å². The predicted octanol–water partition coefficient (Wildman–Crippen LogP) is 3.81. The molecule has 0 saturated carbocycles. The van der Waals surface area contributed by atoms with Gasteiger partial charge in [-0.2, -0.15) is 11.8 Å². The van der Waals surface area contributed by atoms with Crippen LogP contribution in [-0.4, -0.2) is 35.6 Å². The largest absolute Gasteiger partial charge is 0.355 e. The van der Waals surface area contributed by atoms with Crippen LogP contribution in [0.15, 0.2) is 12.1 Å². The third kappa shape index (κ3) is 5.04. The van der Waals surface area contributed by atoms with Crippen molar-refractivity contribution in [3.63, 3.8) is 0 Å². The van der Waals surface area contributed by atoms with E-state index >= 15 is 0 Å². The number of anilines is 1. The Kier molecular flexibility index (Phi) is 6.65. The smallest absolute Gasteiger partial charge is 0.129 e. The van der Waals surface area contributed by atoms with Gasteiger partial charge >= 0.3 is 0 Å². The number of rotatable bonds is 6. The van der Waals surface area contributed by atoms with Gasteiger partial charge in [-0.1, -0.05) is 32.4 Å². The van der Waals surface area contributed by atoms with Crippen LogP contribution in [0.5, 0.6) is 0 Å². The van der Waals surface area contributed by atoms with E-state index in [9.17, 15) is 0 Å². The van der Waals surface area contributed by atoms with Crippen LogP contribution in [0.25, 0.3) is 0 Å². The van der Waals surface area contributed by atoms with Crippen LogP contribution in [0, 0.1) is 5.92 Å². The maximum absolute atomic E-state index is 6.28. The first-order valence-electron chi connectivity index (χ1n) is 7.82. The summed E-state index contributed by atoms with van der Waals surface area (Å²) in [6, 6.07) is 4.04. The summed E-state index contributed by atoms with van der Waals surface area (Å²) in [6.07, 6.45) is 1.22. The third-order valence-electron chi connectivity index (χ3n) is 3.67. The quantitative estimate of drug-likeness (QED) is 0.860. The highest BCUT2D eigenvalue weighted by Crippen LogP contribution is 2.26. The first kappa shape index (κ1) is 16.9. The molecule has 1 aromatic rings. The monoisotopic (exact) mass is 327 g/mol. The summed E-state index contributed by atoms with van der Waals surface area (Å²) < 4.78 is 0. The highest BCUT2D eigenvalue weighted by atomic mass is 35.5. The molecule has 0 aromatic carbocycles. The van der Waals surface area contributed by atoms with Crippen LogP contribution >= 0.6 is 23.4 Å². The molecule has 1 N–H and O–H groups in total. The van der Waals surface area contributed by atoms with Gasteiger partial charge < -0.3 is 10.2 Å². The molecule has 1 saturated heterocycles. The van der Waals surface area contributed by atoms with Crippen molar-refractivity contribution in [1.82, 2.24) is 10.3 Å². The fraction of sp³-hybridized carbons (Fsp3) is 0.688. The van der Waals surface area contributed by atoms with Crippen molar-refractivity contribution in [2.75, 3.05) is 30.3 Å². The summed E-state index contributed by atoms with van der Waals surface area (Å²) in [4.78, 5) is 7.18. The number of halogens is 1. The first-order valence-corrected chi connectivity index (χ1v) is 9.25. The predicted molar refractivity (Wildman–Crippen MR) is 94.5 cm³/mol. The number of hydrogen-bond acceptors (Lipinski definition) is 4. The van der Waals surface area contributed by atoms with Crippen molar-refractivity contribution in [2.24, 2.45) is 5.92 Å². The van der Waals surface area contributed by atoms with E-state index in [4.69, 9.17) is 16.6 Å². The summed E-state index contributed by atoms with van der Waals surface area (Å²) in [5.41, 5.74) is 0.959. The molecule has 1 unspecified atom stereocenters. The fourth-order valence-electron chi connectivity index (χ4n) is 2.43. The Morgan fingerprint density at radius 3 is 3.00 bits per heavy atom. The lowest BCUT2D eigenvalue weighted by atomic mass is 10.2. The van der Waals surface area contributed by atoms with Gasteiger partial charge in [-0.25, -0.2) is 4.98 Å². The second-order valence-electron chi connectivity index (χ2n) is 5.97. The van der Waals surface area contributed by atoms with E-state index < -0.39 is 0 Å². The molecule has 2 heterocycles. The topological polar surface area (TPSA) is 28.2 Å². The molecular formula is C16H26ClN3S. The average molecular weight is 328 g/mol. The van der Waals surface area contributed by atoms with E-state index in [0.29, 0.717) is 5.92 Å². The molecule has 1 aliphatic heterocycles. The van der Waals surface area contributed by atoms with Crippen LogP contribution in [0.1, 0.15) is 32.9 Å². The highest BCUT2D eigenvalue weighted by molar-refractivity contribution is 8.00. The second-order valence-corrected chi connectivity index (χ2v) is 7.79. The van der Waals surface area contributed by atoms with Crippen molar-refractivity contribution in [2.45, 2.75) is 39.0 Å². The van der Waals surface area contributed by atoms with Gasteiger partial charge in [0.05, 0.1) is 10.7 Å². The SMILES string of the molecule is CCC1CN(c2ccc(Cl)c(CNCC(C)C)n2)CCS1. The third-order valence-corrected chi connectivity index (χ3v) is 5.38. The minimum atomic E-state index is 0.636. The van der Waals surface area contributed by atoms with Crippen molar-refractivity contribution in [3.8, 4) is 0 Å². The normalized spacial score (nSPS) is 19.3. The lowest BCUT2D eigenvalue weighted by molar-refractivity contribution is 0.548. The molecule has 1 atom stereocenters. The molecule has 21 heavy (non-hydrogen) atoms. The Hall–Kier alpha value is -0.450. The molecule has 1 fully saturated rings. The van der Waals surface area contributed by atoms with Gasteiger partial charge in [0.25, 0.3) is 0 Å². The number of nitrogens with zero attached hydrogens (tertiary/aromatic N) is 2. The summed E-state index contributed by atoms with van der Waals surface area (Å²) in [5.74, 6) is 2.89. The molecule has 0 aliphatic carbocycles. The van der Waals surface area contributed by atoms with E-state index in [-0.39, 0.29) is 0 Å². The van der Waals surface area contributed by atoms with Gasteiger partial charge in [0, 0.05) is 30.6 Å². The Balaban J connectivity index is 2.03. The molecule has 0 amide bonds. The van der Waals surface area contributed by atoms with Gasteiger partial charge in [-0.05, 0) is 31.0 Å². The number of hydrogen-bond donors (Lipinski definition) is 1. The van der Waals surface area contributed by atoms with Crippen LogP contribution in [0.4, 0.5) is 5.82 Å². The molecule has 2 rings (SSSR count). The molecule has 0 bridgehead atoms. The number of pyridine rings is 1. The van der Waals surface area contributed by atoms with Gasteiger partial charge in [-0.3, -0.25) is 0 Å². The summed E-state index contributed by atoms with van der Waals surface area (Å²) in [7, 11) is 0. The minimum Gasteiger partial charge on any atom is -0.355 e. The van der Waals surface area contributed by atoms with Gasteiger partial charge in [0.1, 0.15) is 5.82 Å². The standard InChI is InChI=1S/C16H26ClN3S/c1-4-13-11-20(7-8-21-13)16-6-5-14(17)15(19-16)10-18-9-12(2)3/h5-6,12-13,18H,4,7-11H2,1-3H3. The molecule has 1 aliphatic rings. The minimum absolute atomic E-state index is 0.636. The first-order chi connectivity index (χ1) is 10.1. The van der Waals surface area contributed by atoms with Gasteiger partial charge in [0.15, 0.2) is 0 Å². The van der Waals surface area contributed by atoms with Crippen molar-refractivity contribution >= 4 is 29.2 Å². The van der Waals surface area contributed by atoms with E-state index in [1.807, 2.05) is 6.07 Å². The van der Waals surface area contributed by atoms with E-state index in [1.54, 1.807) is 0 Å². The maximum Gasteiger partial charge on any atom is 0.129 e. The number of thioether (sulfide) groups is 1. The van der Waals surface area contributed by atoms with Crippen LogP contribution in [-0.2, 0) is 6.54 Å². The molecule has 0 spiro atoms. The van der Waals surface area contributed by atoms with Crippen LogP contribution in [0.2, 0.25) is 5.02 Å². The van der Waals surface area contributed by atoms with Gasteiger partial charge in [0.2, 0.25) is 0 Å². The molecule has 0 radical (unpaired) electrons. The Labute approximate surface area is 137 Å². The highest BCUT2D eigenvalue weighted by Gasteiger charge is 2.20. The number of nitrogens with one attached hydrogen (secondary N) is 1. The Bertz CT molecular complexity index is 453. The maximum atomic E-state index is 6.28. The van der Waals surface area contributed by atoms with E-state index in [1.165, 1.54) is 12.2 Å². The second kappa shape index (κ2) is 8.25. The van der Waals surface area contributed by atoms with Gasteiger partial charge in [-0.15, -0.1) is 0 Å². The summed E-state index contributed by atoms with van der Waals surface area (Å²) in [5, 5.41) is 4.90. The lowest BCUT2D eigenvalue weighted by Crippen LogP contribution is -2.38. The van der Waals surface area contributed by atoms with Crippen molar-refractivity contribution in [3.05, 3.63) is 22.8 Å². The lowest BCUT2D eigenvalue weighted by Gasteiger charge is -2.33. The zero-order valence-corrected chi connectivity index (χ0v) is 14.8.